The van der Waals surface area contributed by atoms with Gasteiger partial charge in [0.15, 0.2) is 0 Å². The molecule has 0 aromatic heterocycles. The minimum Gasteiger partial charge on any atom is -0.394 e. The Kier molecular flexibility index (Phi) is 5.80. The van der Waals surface area contributed by atoms with Crippen molar-refractivity contribution in [1.82, 2.24) is 5.32 Å². The van der Waals surface area contributed by atoms with E-state index in [9.17, 15) is 0 Å². The number of nitrogens with one attached hydrogen (secondary N) is 1. The quantitative estimate of drug-likeness (QED) is 0.600. The fraction of sp³-hybridized carbons (Fsp3) is 0.600. The van der Waals surface area contributed by atoms with Gasteiger partial charge >= 0.3 is 0 Å². The Hall–Kier alpha value is -0.110. The lowest BCUT2D eigenvalue weighted by Gasteiger charge is -1.83. The van der Waals surface area contributed by atoms with Crippen LogP contribution in [0.4, 0.5) is 0 Å². The van der Waals surface area contributed by atoms with E-state index in [0.29, 0.717) is 0 Å². The fourth-order valence-electron chi connectivity index (χ4n) is 0.212. The topological polar surface area (TPSA) is 12.0 Å². The Labute approximate surface area is 49.2 Å². The van der Waals surface area contributed by atoms with E-state index in [1.165, 1.54) is 0 Å². The number of hydrogen-bond donors (Lipinski definition) is 1. The standard InChI is InChI=1S/C5H11NS/c1-3-7-5-4-6-2/h4-6H,3H2,1-2H3/b5-4+. The van der Waals surface area contributed by atoms with Gasteiger partial charge in [-0.15, -0.1) is 11.8 Å². The van der Waals surface area contributed by atoms with E-state index in [2.05, 4.69) is 12.2 Å². The van der Waals surface area contributed by atoms with Crippen LogP contribution in [-0.4, -0.2) is 12.8 Å². The molecule has 1 N–H and O–H groups in total. The van der Waals surface area contributed by atoms with Crippen LogP contribution in [0.25, 0.3) is 0 Å². The molecule has 0 saturated carbocycles. The molecule has 0 aromatic rings. The molecule has 42 valence electrons. The zero-order chi connectivity index (χ0) is 5.54. The fourth-order valence-corrected chi connectivity index (χ4v) is 0.637. The summed E-state index contributed by atoms with van der Waals surface area (Å²) in [4.78, 5) is 0. The van der Waals surface area contributed by atoms with Gasteiger partial charge in [-0.3, -0.25) is 0 Å². The minimum atomic E-state index is 1.15. The Bertz CT molecular complexity index is 52.0. The molecule has 0 rings (SSSR count). The first-order valence-electron chi connectivity index (χ1n) is 2.35. The summed E-state index contributed by atoms with van der Waals surface area (Å²) in [6.45, 7) is 2.13. The normalized spacial score (nSPS) is 10.0. The van der Waals surface area contributed by atoms with Crippen molar-refractivity contribution >= 4 is 11.8 Å². The van der Waals surface area contributed by atoms with Crippen molar-refractivity contribution in [1.29, 1.82) is 0 Å². The van der Waals surface area contributed by atoms with Gasteiger partial charge in [-0.1, -0.05) is 6.92 Å². The highest BCUT2D eigenvalue weighted by molar-refractivity contribution is 8.02. The van der Waals surface area contributed by atoms with Crippen molar-refractivity contribution in [3.63, 3.8) is 0 Å². The van der Waals surface area contributed by atoms with Gasteiger partial charge in [0.1, 0.15) is 0 Å². The third kappa shape index (κ3) is 5.89. The Morgan fingerprint density at radius 1 is 1.71 bits per heavy atom. The molecule has 0 aromatic carbocycles. The lowest BCUT2D eigenvalue weighted by Crippen LogP contribution is -1.89. The van der Waals surface area contributed by atoms with E-state index < -0.39 is 0 Å². The van der Waals surface area contributed by atoms with Crippen LogP contribution in [-0.2, 0) is 0 Å². The van der Waals surface area contributed by atoms with Crippen molar-refractivity contribution in [2.45, 2.75) is 6.92 Å². The lowest BCUT2D eigenvalue weighted by atomic mass is 11.0. The third-order valence-electron chi connectivity index (χ3n) is 0.498. The van der Waals surface area contributed by atoms with E-state index in [1.54, 1.807) is 11.8 Å². The zero-order valence-electron chi connectivity index (χ0n) is 4.77. The molecular weight excluding hydrogens is 106 g/mol. The van der Waals surface area contributed by atoms with Crippen molar-refractivity contribution in [3.8, 4) is 0 Å². The van der Waals surface area contributed by atoms with Crippen molar-refractivity contribution in [2.24, 2.45) is 0 Å². The predicted octanol–water partition coefficient (Wildman–Crippen LogP) is 1.43. The molecule has 0 spiro atoms. The van der Waals surface area contributed by atoms with E-state index in [-0.39, 0.29) is 0 Å². The van der Waals surface area contributed by atoms with Crippen molar-refractivity contribution < 1.29 is 0 Å². The summed E-state index contributed by atoms with van der Waals surface area (Å²) in [7, 11) is 1.90. The molecule has 0 aliphatic rings. The van der Waals surface area contributed by atoms with E-state index in [1.807, 2.05) is 18.7 Å². The van der Waals surface area contributed by atoms with Crippen molar-refractivity contribution in [3.05, 3.63) is 11.6 Å². The molecule has 0 amide bonds. The smallest absolute Gasteiger partial charge is 0.00278 e. The summed E-state index contributed by atoms with van der Waals surface area (Å²) in [5, 5.41) is 4.94. The lowest BCUT2D eigenvalue weighted by molar-refractivity contribution is 1.11. The third-order valence-corrected chi connectivity index (χ3v) is 1.16. The van der Waals surface area contributed by atoms with Gasteiger partial charge in [0.2, 0.25) is 0 Å². The average Bonchev–Trinajstić information content (AvgIpc) is 1.69. The maximum atomic E-state index is 2.90. The molecule has 0 heterocycles. The van der Waals surface area contributed by atoms with Gasteiger partial charge in [-0.25, -0.2) is 0 Å². The monoisotopic (exact) mass is 117 g/mol. The highest BCUT2D eigenvalue weighted by atomic mass is 32.2. The molecule has 0 aliphatic heterocycles. The van der Waals surface area contributed by atoms with Gasteiger partial charge in [0, 0.05) is 13.2 Å². The SMILES string of the molecule is CCS/C=C/NC. The Morgan fingerprint density at radius 2 is 2.43 bits per heavy atom. The first-order valence-corrected chi connectivity index (χ1v) is 3.40. The van der Waals surface area contributed by atoms with Crippen LogP contribution in [0, 0.1) is 0 Å². The summed E-state index contributed by atoms with van der Waals surface area (Å²) < 4.78 is 0. The summed E-state index contributed by atoms with van der Waals surface area (Å²) in [6, 6.07) is 0. The second-order valence-electron chi connectivity index (χ2n) is 1.05. The Balaban J connectivity index is 2.78. The van der Waals surface area contributed by atoms with Crippen molar-refractivity contribution in [2.75, 3.05) is 12.8 Å². The molecule has 0 bridgehead atoms. The molecule has 1 nitrogen and oxygen atoms in total. The molecule has 7 heavy (non-hydrogen) atoms. The van der Waals surface area contributed by atoms with Crippen LogP contribution in [0.15, 0.2) is 11.6 Å². The Morgan fingerprint density at radius 3 is 2.86 bits per heavy atom. The molecule has 0 saturated heterocycles. The molecule has 2 heteroatoms. The van der Waals surface area contributed by atoms with Gasteiger partial charge < -0.3 is 5.32 Å². The summed E-state index contributed by atoms with van der Waals surface area (Å²) in [6.07, 6.45) is 1.92. The first kappa shape index (κ1) is 6.89. The average molecular weight is 117 g/mol. The van der Waals surface area contributed by atoms with Gasteiger partial charge in [0.05, 0.1) is 0 Å². The molecule has 0 aliphatic carbocycles. The highest BCUT2D eigenvalue weighted by Crippen LogP contribution is 1.96. The maximum absolute atomic E-state index is 2.90. The number of hydrogen-bond acceptors (Lipinski definition) is 2. The van der Waals surface area contributed by atoms with Gasteiger partial charge in [0.25, 0.3) is 0 Å². The first-order chi connectivity index (χ1) is 3.41. The second-order valence-corrected chi connectivity index (χ2v) is 2.23. The number of rotatable bonds is 3. The highest BCUT2D eigenvalue weighted by Gasteiger charge is 1.66. The van der Waals surface area contributed by atoms with E-state index in [4.69, 9.17) is 0 Å². The van der Waals surface area contributed by atoms with Crippen LogP contribution in [0.1, 0.15) is 6.92 Å². The minimum absolute atomic E-state index is 1.15. The van der Waals surface area contributed by atoms with Gasteiger partial charge in [-0.05, 0) is 11.2 Å². The maximum Gasteiger partial charge on any atom is 0.00278 e. The number of thioether (sulfide) groups is 1. The molecule has 0 unspecified atom stereocenters. The van der Waals surface area contributed by atoms with E-state index >= 15 is 0 Å². The molecule has 0 fully saturated rings. The van der Waals surface area contributed by atoms with E-state index in [0.717, 1.165) is 5.75 Å². The zero-order valence-corrected chi connectivity index (χ0v) is 5.59. The van der Waals surface area contributed by atoms with Crippen LogP contribution in [0.3, 0.4) is 0 Å². The second kappa shape index (κ2) is 5.89. The predicted molar refractivity (Wildman–Crippen MR) is 36.3 cm³/mol. The summed E-state index contributed by atoms with van der Waals surface area (Å²) in [5.74, 6) is 1.15. The molecular formula is C5H11NS. The van der Waals surface area contributed by atoms with Crippen LogP contribution < -0.4 is 5.32 Å². The van der Waals surface area contributed by atoms with Crippen LogP contribution in [0.2, 0.25) is 0 Å². The molecule has 0 radical (unpaired) electrons. The summed E-state index contributed by atoms with van der Waals surface area (Å²) in [5.41, 5.74) is 0. The molecule has 0 atom stereocenters. The van der Waals surface area contributed by atoms with Crippen LogP contribution in [0.5, 0.6) is 0 Å². The summed E-state index contributed by atoms with van der Waals surface area (Å²) >= 11 is 1.79. The van der Waals surface area contributed by atoms with Gasteiger partial charge in [-0.2, -0.15) is 0 Å². The van der Waals surface area contributed by atoms with Crippen LogP contribution >= 0.6 is 11.8 Å². The largest absolute Gasteiger partial charge is 0.394 e.